The monoisotopic (exact) mass is 372 g/mol. The van der Waals surface area contributed by atoms with Crippen molar-refractivity contribution in [2.45, 2.75) is 63.2 Å². The lowest BCUT2D eigenvalue weighted by Crippen LogP contribution is -2.71. The third-order valence-electron chi connectivity index (χ3n) is 3.07. The highest BCUT2D eigenvalue weighted by Crippen LogP contribution is 2.62. The summed E-state index contributed by atoms with van der Waals surface area (Å²) in [6.07, 6.45) is 0. The second-order valence-corrected chi connectivity index (χ2v) is 6.01. The highest BCUT2D eigenvalue weighted by Gasteiger charge is 2.90. The lowest BCUT2D eigenvalue weighted by atomic mass is 9.79. The first-order chi connectivity index (χ1) is 9.50. The molecule has 0 nitrogen and oxygen atoms in total. The van der Waals surface area contributed by atoms with Gasteiger partial charge in [0.15, 0.2) is 0 Å². The zero-order valence-corrected chi connectivity index (χ0v) is 12.0. The topological polar surface area (TPSA) is 0 Å². The van der Waals surface area contributed by atoms with Crippen LogP contribution < -0.4 is 0 Å². The van der Waals surface area contributed by atoms with E-state index in [-0.39, 0.29) is 20.8 Å². The Kier molecular flexibility index (Phi) is 4.89. The van der Waals surface area contributed by atoms with Crippen molar-refractivity contribution < 1.29 is 52.7 Å². The Morgan fingerprint density at radius 3 is 0.783 bits per heavy atom. The van der Waals surface area contributed by atoms with Gasteiger partial charge in [0.05, 0.1) is 0 Å². The van der Waals surface area contributed by atoms with Crippen LogP contribution in [0.1, 0.15) is 27.7 Å². The van der Waals surface area contributed by atoms with E-state index in [9.17, 15) is 52.7 Å². The maximum Gasteiger partial charge on any atom is 0.384 e. The van der Waals surface area contributed by atoms with E-state index in [1.54, 1.807) is 0 Å². The molecule has 0 saturated heterocycles. The third kappa shape index (κ3) is 2.75. The fourth-order valence-corrected chi connectivity index (χ4v) is 1.34. The third-order valence-corrected chi connectivity index (χ3v) is 3.07. The Balaban J connectivity index is 6.37. The zero-order chi connectivity index (χ0) is 19.5. The summed E-state index contributed by atoms with van der Waals surface area (Å²) in [7, 11) is 0. The number of halogens is 12. The van der Waals surface area contributed by atoms with Gasteiger partial charge in [-0.3, -0.25) is 0 Å². The summed E-state index contributed by atoms with van der Waals surface area (Å²) >= 11 is 0. The minimum atomic E-state index is -7.47. The van der Waals surface area contributed by atoms with E-state index in [0.29, 0.717) is 0 Å². The number of alkyl halides is 12. The highest BCUT2D eigenvalue weighted by atomic mass is 19.4. The molecule has 12 heteroatoms. The first-order valence-electron chi connectivity index (χ1n) is 5.77. The van der Waals surface area contributed by atoms with Crippen LogP contribution in [0, 0.1) is 5.41 Å². The average Bonchev–Trinajstić information content (AvgIpc) is 2.24. The lowest BCUT2D eigenvalue weighted by molar-refractivity contribution is -0.431. The van der Waals surface area contributed by atoms with E-state index < -0.39 is 47.9 Å². The molecular formula is C11H12F12. The predicted molar refractivity (Wildman–Crippen MR) is 54.8 cm³/mol. The average molecular weight is 372 g/mol. The molecule has 0 aromatic rings. The minimum absolute atomic E-state index is 0.252. The smallest absolute Gasteiger partial charge is 0.200 e. The SMILES string of the molecule is CC(C)(C)C(F)(F)C(F)(F)C(F)(F)C(F)(F)C(F)(F)C(C)(F)F. The summed E-state index contributed by atoms with van der Waals surface area (Å²) in [6, 6.07) is 0. The summed E-state index contributed by atoms with van der Waals surface area (Å²) in [6.45, 7) is -0.178. The largest absolute Gasteiger partial charge is 0.384 e. The summed E-state index contributed by atoms with van der Waals surface area (Å²) in [5.41, 5.74) is -3.07. The molecule has 0 unspecified atom stereocenters. The molecule has 0 rings (SSSR count). The van der Waals surface area contributed by atoms with Crippen molar-refractivity contribution >= 4 is 0 Å². The highest BCUT2D eigenvalue weighted by molar-refractivity contribution is 5.12. The van der Waals surface area contributed by atoms with E-state index in [1.165, 1.54) is 0 Å². The van der Waals surface area contributed by atoms with Crippen molar-refractivity contribution in [1.82, 2.24) is 0 Å². The normalized spacial score (nSPS) is 16.7. The van der Waals surface area contributed by atoms with Crippen LogP contribution in [-0.4, -0.2) is 35.5 Å². The molecule has 0 aliphatic carbocycles. The molecule has 0 saturated carbocycles. The molecule has 0 aliphatic rings. The van der Waals surface area contributed by atoms with Crippen LogP contribution in [-0.2, 0) is 0 Å². The molecule has 23 heavy (non-hydrogen) atoms. The number of hydrogen-bond acceptors (Lipinski definition) is 0. The van der Waals surface area contributed by atoms with Crippen molar-refractivity contribution in [3.8, 4) is 0 Å². The van der Waals surface area contributed by atoms with E-state index >= 15 is 0 Å². The maximum atomic E-state index is 13.4. The molecule has 0 spiro atoms. The molecule has 0 N–H and O–H groups in total. The van der Waals surface area contributed by atoms with Crippen LogP contribution in [0.25, 0.3) is 0 Å². The van der Waals surface area contributed by atoms with Crippen LogP contribution in [0.4, 0.5) is 52.7 Å². The van der Waals surface area contributed by atoms with Gasteiger partial charge in [-0.25, -0.2) is 0 Å². The van der Waals surface area contributed by atoms with Gasteiger partial charge in [0.2, 0.25) is 0 Å². The standard InChI is InChI=1S/C11H12F12/c1-5(2,3)7(14,15)9(18,19)11(22,23)10(20,21)8(16,17)6(4,12)13/h1-4H3. The molecule has 0 radical (unpaired) electrons. The first kappa shape index (κ1) is 22.2. The van der Waals surface area contributed by atoms with Gasteiger partial charge < -0.3 is 0 Å². The zero-order valence-electron chi connectivity index (χ0n) is 12.0. The molecular weight excluding hydrogens is 360 g/mol. The summed E-state index contributed by atoms with van der Waals surface area (Å²) in [5.74, 6) is -40.8. The van der Waals surface area contributed by atoms with E-state index in [2.05, 4.69) is 0 Å². The Hall–Kier alpha value is -0.840. The minimum Gasteiger partial charge on any atom is -0.200 e. The summed E-state index contributed by atoms with van der Waals surface area (Å²) in [5, 5.41) is 0. The van der Waals surface area contributed by atoms with Crippen molar-refractivity contribution in [3.63, 3.8) is 0 Å². The fourth-order valence-electron chi connectivity index (χ4n) is 1.34. The fraction of sp³-hybridized carbons (Fsp3) is 1.00. The van der Waals surface area contributed by atoms with Crippen molar-refractivity contribution in [2.75, 3.05) is 0 Å². The van der Waals surface area contributed by atoms with Gasteiger partial charge >= 0.3 is 35.5 Å². The van der Waals surface area contributed by atoms with Gasteiger partial charge in [-0.15, -0.1) is 0 Å². The first-order valence-corrected chi connectivity index (χ1v) is 5.77. The van der Waals surface area contributed by atoms with Crippen LogP contribution in [0.2, 0.25) is 0 Å². The molecule has 0 aromatic heterocycles. The van der Waals surface area contributed by atoms with Crippen molar-refractivity contribution in [2.24, 2.45) is 5.41 Å². The van der Waals surface area contributed by atoms with Crippen LogP contribution >= 0.6 is 0 Å². The van der Waals surface area contributed by atoms with Gasteiger partial charge in [-0.05, 0) is 0 Å². The Labute approximate surface area is 122 Å². The quantitative estimate of drug-likeness (QED) is 0.530. The van der Waals surface area contributed by atoms with Crippen molar-refractivity contribution in [3.05, 3.63) is 0 Å². The van der Waals surface area contributed by atoms with E-state index in [4.69, 9.17) is 0 Å². The maximum absolute atomic E-state index is 13.4. The van der Waals surface area contributed by atoms with Crippen LogP contribution in [0.15, 0.2) is 0 Å². The lowest BCUT2D eigenvalue weighted by Gasteiger charge is -2.44. The Bertz CT molecular complexity index is 397. The van der Waals surface area contributed by atoms with Crippen molar-refractivity contribution in [1.29, 1.82) is 0 Å². The predicted octanol–water partition coefficient (Wildman–Crippen LogP) is 5.86. The molecule has 0 bridgehead atoms. The van der Waals surface area contributed by atoms with Gasteiger partial charge in [0.1, 0.15) is 0 Å². The van der Waals surface area contributed by atoms with Gasteiger partial charge in [0.25, 0.3) is 0 Å². The van der Waals surface area contributed by atoms with E-state index in [1.807, 2.05) is 0 Å². The van der Waals surface area contributed by atoms with Crippen LogP contribution in [0.3, 0.4) is 0 Å². The Morgan fingerprint density at radius 1 is 0.348 bits per heavy atom. The second-order valence-electron chi connectivity index (χ2n) is 6.01. The Morgan fingerprint density at radius 2 is 0.565 bits per heavy atom. The molecule has 0 amide bonds. The van der Waals surface area contributed by atoms with Gasteiger partial charge in [0, 0.05) is 12.3 Å². The van der Waals surface area contributed by atoms with Crippen LogP contribution in [0.5, 0.6) is 0 Å². The second kappa shape index (κ2) is 5.08. The molecule has 0 aliphatic heterocycles. The molecule has 0 aromatic carbocycles. The number of hydrogen-bond donors (Lipinski definition) is 0. The molecule has 0 fully saturated rings. The number of rotatable bonds is 5. The summed E-state index contributed by atoms with van der Waals surface area (Å²) < 4.78 is 157. The van der Waals surface area contributed by atoms with Gasteiger partial charge in [-0.2, -0.15) is 52.7 Å². The summed E-state index contributed by atoms with van der Waals surface area (Å²) in [4.78, 5) is 0. The molecule has 0 atom stereocenters. The molecule has 140 valence electrons. The van der Waals surface area contributed by atoms with E-state index in [0.717, 1.165) is 0 Å². The van der Waals surface area contributed by atoms with Gasteiger partial charge in [-0.1, -0.05) is 20.8 Å². The molecule has 0 heterocycles.